The van der Waals surface area contributed by atoms with Gasteiger partial charge in [0.15, 0.2) is 11.5 Å². The van der Waals surface area contributed by atoms with Gasteiger partial charge in [0.2, 0.25) is 5.75 Å². The summed E-state index contributed by atoms with van der Waals surface area (Å²) in [7, 11) is 4.41. The van der Waals surface area contributed by atoms with Gasteiger partial charge in [-0.15, -0.1) is 0 Å². The topological polar surface area (TPSA) is 125 Å². The van der Waals surface area contributed by atoms with Crippen molar-refractivity contribution >= 4 is 29.7 Å². The van der Waals surface area contributed by atoms with Crippen molar-refractivity contribution in [2.24, 2.45) is 5.10 Å². The third-order valence-electron chi connectivity index (χ3n) is 6.04. The number of hydrogen-bond acceptors (Lipinski definition) is 8. The van der Waals surface area contributed by atoms with Crippen LogP contribution in [0.4, 0.5) is 5.69 Å². The number of methoxy groups -OCH3 is 3. The Bertz CT molecular complexity index is 1560. The van der Waals surface area contributed by atoms with E-state index in [0.29, 0.717) is 45.4 Å². The summed E-state index contributed by atoms with van der Waals surface area (Å²) in [5, 5.41) is 6.78. The Kier molecular flexibility index (Phi) is 9.87. The van der Waals surface area contributed by atoms with Gasteiger partial charge in [-0.3, -0.25) is 14.4 Å². The first kappa shape index (κ1) is 29.3. The summed E-state index contributed by atoms with van der Waals surface area (Å²) in [6, 6.07) is 25.5. The molecule has 0 radical (unpaired) electrons. The molecule has 0 aliphatic heterocycles. The van der Waals surface area contributed by atoms with Crippen LogP contribution >= 0.6 is 0 Å². The number of carbonyl (C=O) groups excluding carboxylic acids is 3. The fourth-order valence-corrected chi connectivity index (χ4v) is 3.95. The van der Waals surface area contributed by atoms with Crippen LogP contribution in [0.5, 0.6) is 23.0 Å². The number of esters is 1. The number of rotatable bonds is 11. The highest BCUT2D eigenvalue weighted by molar-refractivity contribution is 6.05. The third kappa shape index (κ3) is 7.51. The quantitative estimate of drug-likeness (QED) is 0.115. The average Bonchev–Trinajstić information content (AvgIpc) is 3.01. The molecule has 4 aromatic rings. The van der Waals surface area contributed by atoms with Gasteiger partial charge in [0.1, 0.15) is 5.75 Å². The van der Waals surface area contributed by atoms with Crippen LogP contribution in [0.2, 0.25) is 0 Å². The van der Waals surface area contributed by atoms with E-state index in [-0.39, 0.29) is 6.42 Å². The highest BCUT2D eigenvalue weighted by Gasteiger charge is 2.17. The lowest BCUT2D eigenvalue weighted by molar-refractivity contribution is -0.133. The monoisotopic (exact) mass is 567 g/mol. The molecule has 0 bridgehead atoms. The molecule has 0 saturated heterocycles. The molecule has 0 aliphatic carbocycles. The zero-order valence-corrected chi connectivity index (χ0v) is 23.2. The number of ether oxygens (including phenoxy) is 4. The Hall–Kier alpha value is -5.64. The molecule has 10 heteroatoms. The van der Waals surface area contributed by atoms with E-state index in [2.05, 4.69) is 15.8 Å². The van der Waals surface area contributed by atoms with Crippen molar-refractivity contribution in [1.82, 2.24) is 5.43 Å². The molecule has 42 heavy (non-hydrogen) atoms. The van der Waals surface area contributed by atoms with Gasteiger partial charge in [-0.1, -0.05) is 42.5 Å². The molecule has 0 unspecified atom stereocenters. The predicted molar refractivity (Wildman–Crippen MR) is 158 cm³/mol. The van der Waals surface area contributed by atoms with Crippen LogP contribution < -0.4 is 29.7 Å². The van der Waals surface area contributed by atoms with E-state index in [0.717, 1.165) is 5.56 Å². The molecule has 2 N–H and O–H groups in total. The second-order valence-electron chi connectivity index (χ2n) is 8.82. The van der Waals surface area contributed by atoms with Crippen LogP contribution in [0.25, 0.3) is 0 Å². The molecule has 0 aromatic heterocycles. The molecule has 214 valence electrons. The summed E-state index contributed by atoms with van der Waals surface area (Å²) in [5.74, 6) is 0.117. The Balaban J connectivity index is 1.35. The minimum atomic E-state index is -0.465. The van der Waals surface area contributed by atoms with Gasteiger partial charge in [-0.05, 0) is 54.1 Å². The highest BCUT2D eigenvalue weighted by atomic mass is 16.5. The van der Waals surface area contributed by atoms with Gasteiger partial charge >= 0.3 is 5.97 Å². The number of benzene rings is 4. The number of nitrogens with zero attached hydrogens (tertiary/aromatic N) is 1. The van der Waals surface area contributed by atoms with E-state index in [1.807, 2.05) is 30.3 Å². The molecule has 4 aromatic carbocycles. The van der Waals surface area contributed by atoms with Crippen molar-refractivity contribution in [3.63, 3.8) is 0 Å². The normalized spacial score (nSPS) is 10.5. The number of amides is 2. The van der Waals surface area contributed by atoms with Crippen LogP contribution in [0.15, 0.2) is 96.1 Å². The molecule has 0 heterocycles. The lowest BCUT2D eigenvalue weighted by Gasteiger charge is -2.14. The van der Waals surface area contributed by atoms with Gasteiger partial charge in [0, 0.05) is 22.4 Å². The van der Waals surface area contributed by atoms with Crippen LogP contribution in [0, 0.1) is 0 Å². The van der Waals surface area contributed by atoms with Crippen molar-refractivity contribution < 1.29 is 33.3 Å². The van der Waals surface area contributed by atoms with Gasteiger partial charge < -0.3 is 24.3 Å². The molecule has 0 fully saturated rings. The molecular weight excluding hydrogens is 538 g/mol. The van der Waals surface area contributed by atoms with Crippen LogP contribution in [-0.4, -0.2) is 45.3 Å². The number of nitrogens with one attached hydrogen (secondary N) is 2. The summed E-state index contributed by atoms with van der Waals surface area (Å²) < 4.78 is 21.4. The Morgan fingerprint density at radius 1 is 0.714 bits per heavy atom. The van der Waals surface area contributed by atoms with Crippen molar-refractivity contribution in [3.05, 3.63) is 113 Å². The van der Waals surface area contributed by atoms with E-state index in [9.17, 15) is 14.4 Å². The molecular formula is C32H29N3O7. The smallest absolute Gasteiger partial charge is 0.315 e. The Morgan fingerprint density at radius 3 is 2.00 bits per heavy atom. The zero-order chi connectivity index (χ0) is 29.9. The molecule has 0 atom stereocenters. The number of hydrogen-bond donors (Lipinski definition) is 2. The Labute approximate surface area is 242 Å². The minimum Gasteiger partial charge on any atom is -0.493 e. The average molecular weight is 568 g/mol. The summed E-state index contributed by atoms with van der Waals surface area (Å²) >= 11 is 0. The molecule has 4 rings (SSSR count). The van der Waals surface area contributed by atoms with Gasteiger partial charge in [0.05, 0.1) is 34.0 Å². The van der Waals surface area contributed by atoms with Crippen molar-refractivity contribution in [2.75, 3.05) is 26.6 Å². The summed E-state index contributed by atoms with van der Waals surface area (Å²) in [6.45, 7) is 0. The van der Waals surface area contributed by atoms with Crippen molar-refractivity contribution in [1.29, 1.82) is 0 Å². The van der Waals surface area contributed by atoms with Crippen molar-refractivity contribution in [3.8, 4) is 23.0 Å². The SMILES string of the molecule is COc1cc(C(=O)Nc2ccc(C(=O)N/N=C\c3ccccc3OC(=O)Cc3ccccc3)cc2)cc(OC)c1OC. The molecule has 0 spiro atoms. The number of para-hydroxylation sites is 1. The molecule has 0 saturated carbocycles. The maximum atomic E-state index is 12.8. The fourth-order valence-electron chi connectivity index (χ4n) is 3.95. The predicted octanol–water partition coefficient (Wildman–Crippen LogP) is 4.88. The lowest BCUT2D eigenvalue weighted by atomic mass is 10.1. The zero-order valence-electron chi connectivity index (χ0n) is 23.2. The largest absolute Gasteiger partial charge is 0.493 e. The number of hydrazone groups is 1. The first-order chi connectivity index (χ1) is 20.4. The minimum absolute atomic E-state index is 0.127. The van der Waals surface area contributed by atoms with E-state index < -0.39 is 17.8 Å². The first-order valence-electron chi connectivity index (χ1n) is 12.8. The fraction of sp³-hybridized carbons (Fsp3) is 0.125. The van der Waals surface area contributed by atoms with E-state index >= 15 is 0 Å². The van der Waals surface area contributed by atoms with Crippen LogP contribution in [-0.2, 0) is 11.2 Å². The van der Waals surface area contributed by atoms with Crippen molar-refractivity contribution in [2.45, 2.75) is 6.42 Å². The molecule has 0 aliphatic rings. The third-order valence-corrected chi connectivity index (χ3v) is 6.04. The second-order valence-corrected chi connectivity index (χ2v) is 8.82. The van der Waals surface area contributed by atoms with Gasteiger partial charge in [-0.25, -0.2) is 5.43 Å². The molecule has 2 amide bonds. The number of carbonyl (C=O) groups is 3. The maximum absolute atomic E-state index is 12.8. The summed E-state index contributed by atoms with van der Waals surface area (Å²) in [6.07, 6.45) is 1.52. The Morgan fingerprint density at radius 2 is 1.36 bits per heavy atom. The van der Waals surface area contributed by atoms with E-state index in [1.54, 1.807) is 60.7 Å². The lowest BCUT2D eigenvalue weighted by Crippen LogP contribution is -2.18. The van der Waals surface area contributed by atoms with Crippen LogP contribution in [0.3, 0.4) is 0 Å². The summed E-state index contributed by atoms with van der Waals surface area (Å²) in [4.78, 5) is 37.8. The maximum Gasteiger partial charge on any atom is 0.315 e. The first-order valence-corrected chi connectivity index (χ1v) is 12.8. The van der Waals surface area contributed by atoms with E-state index in [4.69, 9.17) is 18.9 Å². The molecule has 10 nitrogen and oxygen atoms in total. The van der Waals surface area contributed by atoms with Gasteiger partial charge in [-0.2, -0.15) is 5.10 Å². The summed E-state index contributed by atoms with van der Waals surface area (Å²) in [5.41, 5.74) is 4.90. The number of anilines is 1. The second kappa shape index (κ2) is 14.1. The standard InChI is InChI=1S/C32H29N3O7/c1-39-27-18-24(19-28(40-2)30(27)41-3)31(37)34-25-15-13-22(14-16-25)32(38)35-33-20-23-11-7-8-12-26(23)42-29(36)17-21-9-5-4-6-10-21/h4-16,18-20H,17H2,1-3H3,(H,34,37)(H,35,38)/b33-20-. The van der Waals surface area contributed by atoms with Crippen LogP contribution in [0.1, 0.15) is 31.8 Å². The highest BCUT2D eigenvalue weighted by Crippen LogP contribution is 2.38. The van der Waals surface area contributed by atoms with E-state index in [1.165, 1.54) is 27.5 Å². The van der Waals surface area contributed by atoms with Gasteiger partial charge in [0.25, 0.3) is 11.8 Å².